The SMILES string of the molecule is O=C(O)N1CC2(CC(Oc3ccc(-c4ccc(F)cc4)cc3)C2)C1. The third-order valence-electron chi connectivity index (χ3n) is 4.98. The third-order valence-corrected chi connectivity index (χ3v) is 4.98. The second kappa shape index (κ2) is 5.51. The molecule has 24 heavy (non-hydrogen) atoms. The minimum Gasteiger partial charge on any atom is -0.490 e. The quantitative estimate of drug-likeness (QED) is 0.926. The average Bonchev–Trinajstić information content (AvgIpc) is 2.49. The monoisotopic (exact) mass is 327 g/mol. The maximum Gasteiger partial charge on any atom is 0.407 e. The summed E-state index contributed by atoms with van der Waals surface area (Å²) in [7, 11) is 0. The first-order chi connectivity index (χ1) is 11.5. The molecule has 1 saturated heterocycles. The largest absolute Gasteiger partial charge is 0.490 e. The zero-order chi connectivity index (χ0) is 16.7. The van der Waals surface area contributed by atoms with Crippen molar-refractivity contribution in [3.63, 3.8) is 0 Å². The molecule has 2 fully saturated rings. The lowest BCUT2D eigenvalue weighted by Gasteiger charge is -2.57. The highest BCUT2D eigenvalue weighted by atomic mass is 19.1. The summed E-state index contributed by atoms with van der Waals surface area (Å²) < 4.78 is 18.9. The molecule has 124 valence electrons. The van der Waals surface area contributed by atoms with Gasteiger partial charge in [0, 0.05) is 18.5 Å². The highest BCUT2D eigenvalue weighted by Crippen LogP contribution is 2.49. The molecule has 1 spiro atoms. The number of benzene rings is 2. The summed E-state index contributed by atoms with van der Waals surface area (Å²) in [5.74, 6) is 0.574. The van der Waals surface area contributed by atoms with Crippen molar-refractivity contribution in [1.29, 1.82) is 0 Å². The van der Waals surface area contributed by atoms with Crippen LogP contribution in [0.25, 0.3) is 11.1 Å². The summed E-state index contributed by atoms with van der Waals surface area (Å²) >= 11 is 0. The molecule has 0 aromatic heterocycles. The molecule has 1 heterocycles. The lowest BCUT2D eigenvalue weighted by atomic mass is 9.62. The molecule has 1 aliphatic carbocycles. The number of carboxylic acid groups (broad SMARTS) is 1. The molecule has 2 aromatic rings. The van der Waals surface area contributed by atoms with E-state index in [-0.39, 0.29) is 17.3 Å². The van der Waals surface area contributed by atoms with Gasteiger partial charge in [-0.1, -0.05) is 24.3 Å². The van der Waals surface area contributed by atoms with E-state index in [1.54, 1.807) is 12.1 Å². The lowest BCUT2D eigenvalue weighted by Crippen LogP contribution is -2.65. The van der Waals surface area contributed by atoms with E-state index in [4.69, 9.17) is 9.84 Å². The number of halogens is 1. The number of rotatable bonds is 3. The fraction of sp³-hybridized carbons (Fsp3) is 0.316. The van der Waals surface area contributed by atoms with E-state index in [0.29, 0.717) is 13.1 Å². The van der Waals surface area contributed by atoms with Gasteiger partial charge >= 0.3 is 6.09 Å². The van der Waals surface area contributed by atoms with Gasteiger partial charge in [0.05, 0.1) is 0 Å². The Balaban J connectivity index is 1.33. The Kier molecular flexibility index (Phi) is 3.44. The fourth-order valence-corrected chi connectivity index (χ4v) is 3.71. The average molecular weight is 327 g/mol. The molecule has 2 aromatic carbocycles. The van der Waals surface area contributed by atoms with Crippen LogP contribution >= 0.6 is 0 Å². The maximum absolute atomic E-state index is 13.0. The smallest absolute Gasteiger partial charge is 0.407 e. The molecule has 0 bridgehead atoms. The van der Waals surface area contributed by atoms with Gasteiger partial charge in [-0.3, -0.25) is 0 Å². The topological polar surface area (TPSA) is 49.8 Å². The lowest BCUT2D eigenvalue weighted by molar-refractivity contribution is -0.106. The second-order valence-electron chi connectivity index (χ2n) is 6.82. The van der Waals surface area contributed by atoms with Crippen molar-refractivity contribution in [2.24, 2.45) is 5.41 Å². The van der Waals surface area contributed by atoms with Gasteiger partial charge in [-0.2, -0.15) is 0 Å². The van der Waals surface area contributed by atoms with Gasteiger partial charge in [0.15, 0.2) is 0 Å². The Hall–Kier alpha value is -2.56. The summed E-state index contributed by atoms with van der Waals surface area (Å²) in [6, 6.07) is 14.2. The summed E-state index contributed by atoms with van der Waals surface area (Å²) in [4.78, 5) is 12.3. The second-order valence-corrected chi connectivity index (χ2v) is 6.82. The van der Waals surface area contributed by atoms with Crippen LogP contribution in [0.3, 0.4) is 0 Å². The Bertz CT molecular complexity index is 743. The van der Waals surface area contributed by atoms with Crippen molar-refractivity contribution in [2.75, 3.05) is 13.1 Å². The highest BCUT2D eigenvalue weighted by molar-refractivity contribution is 5.66. The highest BCUT2D eigenvalue weighted by Gasteiger charge is 2.54. The zero-order valence-corrected chi connectivity index (χ0v) is 13.1. The molecule has 2 aliphatic rings. The van der Waals surface area contributed by atoms with Gasteiger partial charge in [0.1, 0.15) is 17.7 Å². The standard InChI is InChI=1S/C19H18FNO3/c20-15-5-1-13(2-6-15)14-3-7-16(8-4-14)24-17-9-19(10-17)11-21(12-19)18(22)23/h1-8,17H,9-12H2,(H,22,23). The number of hydrogen-bond acceptors (Lipinski definition) is 2. The van der Waals surface area contributed by atoms with E-state index in [1.165, 1.54) is 17.0 Å². The number of amides is 1. The number of nitrogens with zero attached hydrogens (tertiary/aromatic N) is 1. The molecule has 0 atom stereocenters. The van der Waals surface area contributed by atoms with Gasteiger partial charge in [0.25, 0.3) is 0 Å². The number of ether oxygens (including phenoxy) is 1. The first kappa shape index (κ1) is 15.0. The van der Waals surface area contributed by atoms with Crippen molar-refractivity contribution in [2.45, 2.75) is 18.9 Å². The zero-order valence-electron chi connectivity index (χ0n) is 13.1. The van der Waals surface area contributed by atoms with Crippen molar-refractivity contribution in [1.82, 2.24) is 4.90 Å². The van der Waals surface area contributed by atoms with E-state index in [0.717, 1.165) is 29.7 Å². The van der Waals surface area contributed by atoms with Gasteiger partial charge in [-0.25, -0.2) is 9.18 Å². The minimum absolute atomic E-state index is 0.150. The van der Waals surface area contributed by atoms with Crippen molar-refractivity contribution >= 4 is 6.09 Å². The van der Waals surface area contributed by atoms with Crippen molar-refractivity contribution in [3.05, 3.63) is 54.3 Å². The van der Waals surface area contributed by atoms with Gasteiger partial charge in [-0.15, -0.1) is 0 Å². The van der Waals surface area contributed by atoms with Crippen LogP contribution in [0.15, 0.2) is 48.5 Å². The molecule has 0 radical (unpaired) electrons. The normalized spacial score (nSPS) is 18.8. The predicted molar refractivity (Wildman–Crippen MR) is 87.5 cm³/mol. The van der Waals surface area contributed by atoms with E-state index in [2.05, 4.69) is 0 Å². The van der Waals surface area contributed by atoms with Crippen molar-refractivity contribution < 1.29 is 19.0 Å². The summed E-state index contributed by atoms with van der Waals surface area (Å²) in [6.07, 6.45) is 1.16. The van der Waals surface area contributed by atoms with E-state index >= 15 is 0 Å². The summed E-state index contributed by atoms with van der Waals surface area (Å²) in [5.41, 5.74) is 2.13. The van der Waals surface area contributed by atoms with Crippen molar-refractivity contribution in [3.8, 4) is 16.9 Å². The molecular weight excluding hydrogens is 309 g/mol. The molecule has 4 nitrogen and oxygen atoms in total. The van der Waals surface area contributed by atoms with E-state index in [9.17, 15) is 9.18 Å². The first-order valence-electron chi connectivity index (χ1n) is 8.04. The minimum atomic E-state index is -0.832. The Labute approximate surface area is 139 Å². The Morgan fingerprint density at radius 1 is 1.04 bits per heavy atom. The molecular formula is C19H18FNO3. The number of hydrogen-bond donors (Lipinski definition) is 1. The number of carbonyl (C=O) groups is 1. The number of likely N-dealkylation sites (tertiary alicyclic amines) is 1. The Morgan fingerprint density at radius 2 is 1.58 bits per heavy atom. The molecule has 1 amide bonds. The van der Waals surface area contributed by atoms with Crippen LogP contribution in [0, 0.1) is 11.2 Å². The van der Waals surface area contributed by atoms with Crippen LogP contribution in [0.1, 0.15) is 12.8 Å². The summed E-state index contributed by atoms with van der Waals surface area (Å²) in [6.45, 7) is 1.26. The van der Waals surface area contributed by atoms with Gasteiger partial charge in [-0.05, 0) is 48.2 Å². The molecule has 0 unspecified atom stereocenters. The van der Waals surface area contributed by atoms with Crippen LogP contribution in [0.2, 0.25) is 0 Å². The molecule has 1 N–H and O–H groups in total. The fourth-order valence-electron chi connectivity index (χ4n) is 3.71. The van der Waals surface area contributed by atoms with Crippen LogP contribution in [0.4, 0.5) is 9.18 Å². The molecule has 5 heteroatoms. The summed E-state index contributed by atoms with van der Waals surface area (Å²) in [5, 5.41) is 8.90. The van der Waals surface area contributed by atoms with Crippen LogP contribution in [0.5, 0.6) is 5.75 Å². The predicted octanol–water partition coefficient (Wildman–Crippen LogP) is 4.01. The van der Waals surface area contributed by atoms with E-state index in [1.807, 2.05) is 24.3 Å². The van der Waals surface area contributed by atoms with E-state index < -0.39 is 6.09 Å². The van der Waals surface area contributed by atoms with Gasteiger partial charge in [0.2, 0.25) is 0 Å². The first-order valence-corrected chi connectivity index (χ1v) is 8.04. The van der Waals surface area contributed by atoms with Crippen LogP contribution in [-0.4, -0.2) is 35.3 Å². The molecule has 4 rings (SSSR count). The third kappa shape index (κ3) is 2.70. The van der Waals surface area contributed by atoms with Crippen LogP contribution in [-0.2, 0) is 0 Å². The van der Waals surface area contributed by atoms with Crippen LogP contribution < -0.4 is 4.74 Å². The van der Waals surface area contributed by atoms with Gasteiger partial charge < -0.3 is 14.7 Å². The molecule has 1 saturated carbocycles. The Morgan fingerprint density at radius 3 is 2.12 bits per heavy atom. The maximum atomic E-state index is 13.0. The molecule has 1 aliphatic heterocycles.